The van der Waals surface area contributed by atoms with Gasteiger partial charge in [-0.2, -0.15) is 0 Å². The van der Waals surface area contributed by atoms with E-state index in [2.05, 4.69) is 9.97 Å². The van der Waals surface area contributed by atoms with Crippen molar-refractivity contribution in [1.82, 2.24) is 9.97 Å². The minimum atomic E-state index is -0.448. The molecule has 0 unspecified atom stereocenters. The number of hydrogen-bond donors (Lipinski definition) is 0. The van der Waals surface area contributed by atoms with Crippen LogP contribution in [0.3, 0.4) is 0 Å². The molecule has 0 radical (unpaired) electrons. The van der Waals surface area contributed by atoms with Crippen LogP contribution in [0, 0.1) is 10.1 Å². The lowest BCUT2D eigenvalue weighted by atomic mass is 10.2. The van der Waals surface area contributed by atoms with E-state index in [-0.39, 0.29) is 10.8 Å². The molecule has 1 aromatic carbocycles. The first-order chi connectivity index (χ1) is 8.61. The maximum atomic E-state index is 11.0. The summed E-state index contributed by atoms with van der Waals surface area (Å²) < 4.78 is 0. The number of para-hydroxylation sites is 2. The summed E-state index contributed by atoms with van der Waals surface area (Å²) in [6.07, 6.45) is 2.94. The summed E-state index contributed by atoms with van der Waals surface area (Å²) in [5.74, 6) is 0.369. The van der Waals surface area contributed by atoms with Crippen LogP contribution < -0.4 is 4.90 Å². The van der Waals surface area contributed by atoms with Crippen LogP contribution in [-0.2, 0) is 0 Å². The number of benzene rings is 1. The Hall–Kier alpha value is -2.21. The summed E-state index contributed by atoms with van der Waals surface area (Å²) in [6, 6.07) is 6.37. The standard InChI is InChI=1S/C11H9ClN4O2/c1-15(11-10(12)13-6-7-14-11)8-4-2-3-5-9(8)16(17)18/h2-7H,1H3. The normalized spacial score (nSPS) is 10.1. The van der Waals surface area contributed by atoms with E-state index in [1.807, 2.05) is 0 Å². The van der Waals surface area contributed by atoms with Crippen LogP contribution in [0.25, 0.3) is 0 Å². The van der Waals surface area contributed by atoms with Gasteiger partial charge >= 0.3 is 0 Å². The second-order valence-electron chi connectivity index (χ2n) is 3.48. The Morgan fingerprint density at radius 3 is 2.61 bits per heavy atom. The van der Waals surface area contributed by atoms with E-state index in [9.17, 15) is 10.1 Å². The van der Waals surface area contributed by atoms with Crippen LogP contribution in [0.5, 0.6) is 0 Å². The lowest BCUT2D eigenvalue weighted by Gasteiger charge is -2.18. The zero-order valence-electron chi connectivity index (χ0n) is 9.45. The first-order valence-electron chi connectivity index (χ1n) is 5.05. The van der Waals surface area contributed by atoms with Crippen molar-refractivity contribution in [2.24, 2.45) is 0 Å². The van der Waals surface area contributed by atoms with Crippen molar-refractivity contribution in [2.75, 3.05) is 11.9 Å². The minimum absolute atomic E-state index is 0.0123. The highest BCUT2D eigenvalue weighted by molar-refractivity contribution is 6.31. The Labute approximate surface area is 108 Å². The molecule has 1 heterocycles. The summed E-state index contributed by atoms with van der Waals surface area (Å²) in [4.78, 5) is 20.0. The van der Waals surface area contributed by atoms with Gasteiger partial charge in [0.25, 0.3) is 5.69 Å². The molecule has 1 aromatic heterocycles. The van der Waals surface area contributed by atoms with Gasteiger partial charge in [0.1, 0.15) is 5.69 Å². The third kappa shape index (κ3) is 2.23. The van der Waals surface area contributed by atoms with E-state index in [4.69, 9.17) is 11.6 Å². The molecule has 0 aliphatic rings. The summed E-state index contributed by atoms with van der Waals surface area (Å²) in [5.41, 5.74) is 0.395. The first kappa shape index (κ1) is 12.3. The molecule has 7 heteroatoms. The molecular formula is C11H9ClN4O2. The average Bonchev–Trinajstić information content (AvgIpc) is 2.38. The third-order valence-corrected chi connectivity index (χ3v) is 2.66. The fourth-order valence-electron chi connectivity index (χ4n) is 1.55. The molecule has 0 saturated heterocycles. The van der Waals surface area contributed by atoms with Crippen molar-refractivity contribution in [1.29, 1.82) is 0 Å². The molecule has 0 fully saturated rings. The van der Waals surface area contributed by atoms with Crippen molar-refractivity contribution in [3.8, 4) is 0 Å². The number of nitrogens with zero attached hydrogens (tertiary/aromatic N) is 4. The van der Waals surface area contributed by atoms with Crippen molar-refractivity contribution in [3.63, 3.8) is 0 Å². The second-order valence-corrected chi connectivity index (χ2v) is 3.83. The molecule has 0 bridgehead atoms. The maximum Gasteiger partial charge on any atom is 0.292 e. The average molecular weight is 265 g/mol. The van der Waals surface area contributed by atoms with Gasteiger partial charge in [-0.15, -0.1) is 0 Å². The van der Waals surface area contributed by atoms with Crippen molar-refractivity contribution in [2.45, 2.75) is 0 Å². The van der Waals surface area contributed by atoms with E-state index in [0.717, 1.165) is 0 Å². The molecule has 0 saturated carbocycles. The molecule has 0 amide bonds. The van der Waals surface area contributed by atoms with Crippen molar-refractivity contribution < 1.29 is 4.92 Å². The predicted molar refractivity (Wildman–Crippen MR) is 68.2 cm³/mol. The van der Waals surface area contributed by atoms with Gasteiger partial charge in [0, 0.05) is 25.5 Å². The molecule has 0 N–H and O–H groups in total. The lowest BCUT2D eigenvalue weighted by Crippen LogP contribution is -2.13. The van der Waals surface area contributed by atoms with Gasteiger partial charge in [0.2, 0.25) is 0 Å². The van der Waals surface area contributed by atoms with Gasteiger partial charge in [-0.3, -0.25) is 10.1 Å². The monoisotopic (exact) mass is 264 g/mol. The number of hydrogen-bond acceptors (Lipinski definition) is 5. The van der Waals surface area contributed by atoms with Crippen molar-refractivity contribution in [3.05, 3.63) is 51.9 Å². The SMILES string of the molecule is CN(c1ccccc1[N+](=O)[O-])c1nccnc1Cl. The molecule has 2 rings (SSSR count). The van der Waals surface area contributed by atoms with Gasteiger partial charge in [0.05, 0.1) is 4.92 Å². The zero-order valence-corrected chi connectivity index (χ0v) is 10.2. The fourth-order valence-corrected chi connectivity index (χ4v) is 1.79. The number of aromatic nitrogens is 2. The van der Waals surface area contributed by atoms with Crippen LogP contribution >= 0.6 is 11.6 Å². The van der Waals surface area contributed by atoms with Crippen LogP contribution in [0.2, 0.25) is 5.15 Å². The molecule has 0 aliphatic heterocycles. The Morgan fingerprint density at radius 2 is 1.94 bits per heavy atom. The van der Waals surface area contributed by atoms with Gasteiger partial charge in [-0.25, -0.2) is 9.97 Å². The summed E-state index contributed by atoms with van der Waals surface area (Å²) >= 11 is 5.92. The van der Waals surface area contributed by atoms with E-state index >= 15 is 0 Å². The topological polar surface area (TPSA) is 72.2 Å². The number of halogens is 1. The molecule has 0 spiro atoms. The van der Waals surface area contributed by atoms with Crippen LogP contribution in [0.4, 0.5) is 17.2 Å². The molecule has 6 nitrogen and oxygen atoms in total. The van der Waals surface area contributed by atoms with E-state index in [1.54, 1.807) is 25.2 Å². The van der Waals surface area contributed by atoms with Crippen LogP contribution in [-0.4, -0.2) is 21.9 Å². The Balaban J connectivity index is 2.50. The molecule has 18 heavy (non-hydrogen) atoms. The van der Waals surface area contributed by atoms with E-state index in [0.29, 0.717) is 11.5 Å². The number of nitro benzene ring substituents is 1. The summed E-state index contributed by atoms with van der Waals surface area (Å²) in [5, 5.41) is 11.1. The largest absolute Gasteiger partial charge is 0.321 e. The Kier molecular flexibility index (Phi) is 3.38. The minimum Gasteiger partial charge on any atom is -0.321 e. The van der Waals surface area contributed by atoms with Crippen LogP contribution in [0.15, 0.2) is 36.7 Å². The summed E-state index contributed by atoms with van der Waals surface area (Å²) in [7, 11) is 1.65. The molecule has 0 atom stereocenters. The van der Waals surface area contributed by atoms with Gasteiger partial charge < -0.3 is 4.90 Å². The zero-order chi connectivity index (χ0) is 13.1. The maximum absolute atomic E-state index is 11.0. The highest BCUT2D eigenvalue weighted by Crippen LogP contribution is 2.33. The highest BCUT2D eigenvalue weighted by atomic mass is 35.5. The third-order valence-electron chi connectivity index (χ3n) is 2.39. The molecule has 92 valence electrons. The van der Waals surface area contributed by atoms with Gasteiger partial charge in [-0.1, -0.05) is 23.7 Å². The smallest absolute Gasteiger partial charge is 0.292 e. The Morgan fingerprint density at radius 1 is 1.28 bits per heavy atom. The number of anilines is 2. The fraction of sp³-hybridized carbons (Fsp3) is 0.0909. The highest BCUT2D eigenvalue weighted by Gasteiger charge is 2.19. The van der Waals surface area contributed by atoms with Gasteiger partial charge in [-0.05, 0) is 6.07 Å². The second kappa shape index (κ2) is 4.97. The molecule has 2 aromatic rings. The summed E-state index contributed by atoms with van der Waals surface area (Å²) in [6.45, 7) is 0. The molecular weight excluding hydrogens is 256 g/mol. The van der Waals surface area contributed by atoms with Crippen LogP contribution in [0.1, 0.15) is 0 Å². The van der Waals surface area contributed by atoms with Gasteiger partial charge in [0.15, 0.2) is 11.0 Å². The van der Waals surface area contributed by atoms with E-state index < -0.39 is 4.92 Å². The molecule has 0 aliphatic carbocycles. The quantitative estimate of drug-likeness (QED) is 0.630. The number of nitro groups is 1. The number of rotatable bonds is 3. The lowest BCUT2D eigenvalue weighted by molar-refractivity contribution is -0.384. The van der Waals surface area contributed by atoms with Crippen molar-refractivity contribution >= 4 is 28.8 Å². The predicted octanol–water partition coefficient (Wildman–Crippen LogP) is 2.81. The first-order valence-corrected chi connectivity index (χ1v) is 5.42. The van der Waals surface area contributed by atoms with E-state index in [1.165, 1.54) is 23.4 Å². The Bertz CT molecular complexity index is 591.